The first-order chi connectivity index (χ1) is 8.25. The number of halogens is 1. The van der Waals surface area contributed by atoms with Gasteiger partial charge in [-0.3, -0.25) is 4.57 Å². The minimum atomic E-state index is 0.695. The Morgan fingerprint density at radius 1 is 1.41 bits per heavy atom. The van der Waals surface area contributed by atoms with Gasteiger partial charge in [0, 0.05) is 23.7 Å². The average molecular weight is 249 g/mol. The van der Waals surface area contributed by atoms with E-state index in [1.807, 2.05) is 28.8 Å². The minimum absolute atomic E-state index is 0.695. The van der Waals surface area contributed by atoms with Crippen LogP contribution >= 0.6 is 11.6 Å². The molecule has 17 heavy (non-hydrogen) atoms. The zero-order chi connectivity index (χ0) is 11.8. The highest BCUT2D eigenvalue weighted by atomic mass is 35.5. The maximum atomic E-state index is 6.12. The fourth-order valence-corrected chi connectivity index (χ4v) is 2.30. The fraction of sp³-hybridized carbons (Fsp3) is 0.250. The van der Waals surface area contributed by atoms with E-state index in [-0.39, 0.29) is 0 Å². The molecule has 0 radical (unpaired) electrons. The number of aromatic nitrogens is 2. The highest BCUT2D eigenvalue weighted by Crippen LogP contribution is 2.31. The van der Waals surface area contributed by atoms with Gasteiger partial charge in [-0.25, -0.2) is 4.98 Å². The van der Waals surface area contributed by atoms with Gasteiger partial charge >= 0.3 is 0 Å². The molecule has 1 aliphatic heterocycles. The third-order valence-electron chi connectivity index (χ3n) is 2.95. The summed E-state index contributed by atoms with van der Waals surface area (Å²) in [7, 11) is 0. The molecule has 1 aromatic heterocycles. The summed E-state index contributed by atoms with van der Waals surface area (Å²) < 4.78 is 2.01. The molecule has 0 bridgehead atoms. The Kier molecular flexibility index (Phi) is 2.44. The molecular weight excluding hydrogens is 236 g/mol. The van der Waals surface area contributed by atoms with Gasteiger partial charge in [-0.15, -0.1) is 0 Å². The van der Waals surface area contributed by atoms with Gasteiger partial charge in [0.1, 0.15) is 11.5 Å². The summed E-state index contributed by atoms with van der Waals surface area (Å²) in [5.74, 6) is 1.55. The van der Waals surface area contributed by atoms with Gasteiger partial charge in [0.25, 0.3) is 0 Å². The molecule has 0 atom stereocenters. The molecule has 0 saturated carbocycles. The summed E-state index contributed by atoms with van der Waals surface area (Å²) in [6, 6.07) is 7.60. The number of benzene rings is 1. The van der Waals surface area contributed by atoms with Crippen molar-refractivity contribution in [2.45, 2.75) is 13.0 Å². The van der Waals surface area contributed by atoms with Gasteiger partial charge in [-0.1, -0.05) is 23.7 Å². The van der Waals surface area contributed by atoms with Crippen molar-refractivity contribution < 1.29 is 0 Å². The number of nitrogen functional groups attached to an aromatic ring is 1. The topological polar surface area (TPSA) is 55.9 Å². The molecule has 3 N–H and O–H groups in total. The van der Waals surface area contributed by atoms with Gasteiger partial charge < -0.3 is 11.1 Å². The number of nitrogens with zero attached hydrogens (tertiary/aromatic N) is 2. The highest BCUT2D eigenvalue weighted by Gasteiger charge is 2.18. The normalized spacial score (nSPS) is 14.2. The molecular formula is C12H13ClN4. The maximum absolute atomic E-state index is 6.12. The molecule has 0 spiro atoms. The van der Waals surface area contributed by atoms with Crippen LogP contribution in [0.2, 0.25) is 5.02 Å². The molecule has 1 aliphatic rings. The van der Waals surface area contributed by atoms with Crippen molar-refractivity contribution in [2.24, 2.45) is 0 Å². The van der Waals surface area contributed by atoms with Crippen molar-refractivity contribution >= 4 is 23.4 Å². The third-order valence-corrected chi connectivity index (χ3v) is 3.18. The lowest BCUT2D eigenvalue weighted by Crippen LogP contribution is -2.18. The molecule has 0 aliphatic carbocycles. The Balaban J connectivity index is 2.12. The van der Waals surface area contributed by atoms with Gasteiger partial charge in [-0.2, -0.15) is 0 Å². The second-order valence-electron chi connectivity index (χ2n) is 4.11. The van der Waals surface area contributed by atoms with E-state index in [0.29, 0.717) is 10.8 Å². The lowest BCUT2D eigenvalue weighted by molar-refractivity contribution is 0.634. The summed E-state index contributed by atoms with van der Waals surface area (Å²) in [6.45, 7) is 1.87. The molecule has 2 aromatic rings. The number of imidazole rings is 1. The molecule has 88 valence electrons. The van der Waals surface area contributed by atoms with E-state index < -0.39 is 0 Å². The van der Waals surface area contributed by atoms with E-state index in [4.69, 9.17) is 17.3 Å². The van der Waals surface area contributed by atoms with Crippen molar-refractivity contribution in [3.63, 3.8) is 0 Å². The predicted octanol–water partition coefficient (Wildman–Crippen LogP) is 2.60. The number of hydrogen-bond donors (Lipinski definition) is 2. The van der Waals surface area contributed by atoms with Crippen LogP contribution in [0.5, 0.6) is 0 Å². The smallest absolute Gasteiger partial charge is 0.205 e. The van der Waals surface area contributed by atoms with Gasteiger partial charge in [0.05, 0.1) is 0 Å². The van der Waals surface area contributed by atoms with Crippen LogP contribution in [0.25, 0.3) is 11.3 Å². The molecule has 2 heterocycles. The Hall–Kier alpha value is -1.68. The zero-order valence-corrected chi connectivity index (χ0v) is 10.0. The van der Waals surface area contributed by atoms with Gasteiger partial charge in [-0.05, 0) is 18.6 Å². The number of hydrogen-bond acceptors (Lipinski definition) is 3. The van der Waals surface area contributed by atoms with Crippen molar-refractivity contribution in [3.05, 3.63) is 29.3 Å². The van der Waals surface area contributed by atoms with E-state index in [2.05, 4.69) is 10.3 Å². The van der Waals surface area contributed by atoms with E-state index >= 15 is 0 Å². The van der Waals surface area contributed by atoms with Crippen LogP contribution in [0.4, 0.5) is 11.8 Å². The fourth-order valence-electron chi connectivity index (χ4n) is 2.11. The Morgan fingerprint density at radius 3 is 3.06 bits per heavy atom. The molecule has 0 fully saturated rings. The number of nitrogens with two attached hydrogens (primary N) is 1. The first-order valence-corrected chi connectivity index (χ1v) is 5.99. The quantitative estimate of drug-likeness (QED) is 0.816. The molecule has 5 heteroatoms. The van der Waals surface area contributed by atoms with Crippen LogP contribution in [-0.2, 0) is 6.54 Å². The molecule has 0 amide bonds. The van der Waals surface area contributed by atoms with E-state index in [1.165, 1.54) is 0 Å². The number of fused-ring (bicyclic) bond motifs is 1. The van der Waals surface area contributed by atoms with Crippen LogP contribution < -0.4 is 11.1 Å². The number of nitrogens with one attached hydrogen (secondary N) is 1. The first kappa shape index (κ1) is 10.5. The second-order valence-corrected chi connectivity index (χ2v) is 4.55. The maximum Gasteiger partial charge on any atom is 0.205 e. The summed E-state index contributed by atoms with van der Waals surface area (Å²) in [5.41, 5.74) is 7.88. The van der Waals surface area contributed by atoms with Crippen molar-refractivity contribution in [2.75, 3.05) is 17.6 Å². The lowest BCUT2D eigenvalue weighted by atomic mass is 10.1. The van der Waals surface area contributed by atoms with Gasteiger partial charge in [0.15, 0.2) is 0 Å². The van der Waals surface area contributed by atoms with E-state index in [0.717, 1.165) is 36.7 Å². The van der Waals surface area contributed by atoms with Crippen molar-refractivity contribution in [1.29, 1.82) is 0 Å². The monoisotopic (exact) mass is 248 g/mol. The van der Waals surface area contributed by atoms with Crippen LogP contribution in [0, 0.1) is 0 Å². The van der Waals surface area contributed by atoms with Crippen LogP contribution in [0.1, 0.15) is 6.42 Å². The molecule has 0 saturated heterocycles. The van der Waals surface area contributed by atoms with Crippen LogP contribution in [-0.4, -0.2) is 16.1 Å². The van der Waals surface area contributed by atoms with Crippen LogP contribution in [0.3, 0.4) is 0 Å². The summed E-state index contributed by atoms with van der Waals surface area (Å²) in [6.07, 6.45) is 1.07. The first-order valence-electron chi connectivity index (χ1n) is 5.61. The Morgan fingerprint density at radius 2 is 2.29 bits per heavy atom. The number of rotatable bonds is 1. The SMILES string of the molecule is Nc1c(-c2cccc(Cl)c2)nc2n1CCCN2. The van der Waals surface area contributed by atoms with E-state index in [9.17, 15) is 0 Å². The van der Waals surface area contributed by atoms with Crippen molar-refractivity contribution in [3.8, 4) is 11.3 Å². The van der Waals surface area contributed by atoms with E-state index in [1.54, 1.807) is 0 Å². The average Bonchev–Trinajstić information content (AvgIpc) is 2.68. The Bertz CT molecular complexity index is 562. The lowest BCUT2D eigenvalue weighted by Gasteiger charge is -2.15. The molecule has 0 unspecified atom stereocenters. The molecule has 1 aromatic carbocycles. The van der Waals surface area contributed by atoms with Gasteiger partial charge in [0.2, 0.25) is 5.95 Å². The molecule has 3 rings (SSSR count). The predicted molar refractivity (Wildman–Crippen MR) is 70.2 cm³/mol. The summed E-state index contributed by atoms with van der Waals surface area (Å²) >= 11 is 5.98. The summed E-state index contributed by atoms with van der Waals surface area (Å²) in [5, 5.41) is 3.94. The second kappa shape index (κ2) is 3.96. The number of anilines is 2. The third kappa shape index (κ3) is 1.74. The Labute approximate surface area is 104 Å². The summed E-state index contributed by atoms with van der Waals surface area (Å²) in [4.78, 5) is 4.53. The largest absolute Gasteiger partial charge is 0.383 e. The molecule has 4 nitrogen and oxygen atoms in total. The standard InChI is InChI=1S/C12H13ClN4/c13-9-4-1-3-8(7-9)10-11(14)17-6-2-5-15-12(17)16-10/h1,3-4,7H,2,5-6,14H2,(H,15,16). The minimum Gasteiger partial charge on any atom is -0.383 e. The van der Waals surface area contributed by atoms with Crippen molar-refractivity contribution in [1.82, 2.24) is 9.55 Å². The zero-order valence-electron chi connectivity index (χ0n) is 9.28. The van der Waals surface area contributed by atoms with Crippen LogP contribution in [0.15, 0.2) is 24.3 Å². The highest BCUT2D eigenvalue weighted by molar-refractivity contribution is 6.30.